The van der Waals surface area contributed by atoms with Crippen LogP contribution < -0.4 is 10.6 Å². The van der Waals surface area contributed by atoms with Gasteiger partial charge in [-0.25, -0.2) is 4.79 Å². The van der Waals surface area contributed by atoms with Crippen molar-refractivity contribution < 1.29 is 19.1 Å². The lowest BCUT2D eigenvalue weighted by molar-refractivity contribution is -0.140. The molecule has 2 N–H and O–H groups in total. The van der Waals surface area contributed by atoms with E-state index in [4.69, 9.17) is 4.74 Å². The topological polar surface area (TPSA) is 87.7 Å². The molecule has 3 amide bonds. The number of amides is 3. The van der Waals surface area contributed by atoms with Crippen LogP contribution in [-0.4, -0.2) is 53.3 Å². The van der Waals surface area contributed by atoms with Crippen LogP contribution in [0.25, 0.3) is 0 Å². The Kier molecular flexibility index (Phi) is 9.21. The highest BCUT2D eigenvalue weighted by Crippen LogP contribution is 2.25. The SMILES string of the molecule is Cc1ccc(C)c(C(C(=O)NC(C)C)N(C)C(=O)C(CS)NC(=O)OC(C)(C)C)c1. The molecule has 0 saturated heterocycles. The smallest absolute Gasteiger partial charge is 0.408 e. The number of aryl methyl sites for hydroxylation is 2. The maximum atomic E-state index is 13.2. The number of alkyl carbamates (subject to hydrolysis) is 1. The zero-order chi connectivity index (χ0) is 23.2. The van der Waals surface area contributed by atoms with E-state index >= 15 is 0 Å². The molecule has 0 aliphatic rings. The van der Waals surface area contributed by atoms with Crippen molar-refractivity contribution in [3.63, 3.8) is 0 Å². The van der Waals surface area contributed by atoms with Crippen LogP contribution in [0.1, 0.15) is 57.4 Å². The molecule has 0 saturated carbocycles. The van der Waals surface area contributed by atoms with Crippen molar-refractivity contribution in [1.82, 2.24) is 15.5 Å². The summed E-state index contributed by atoms with van der Waals surface area (Å²) in [6.07, 6.45) is -0.710. The van der Waals surface area contributed by atoms with E-state index in [0.717, 1.165) is 16.7 Å². The fourth-order valence-corrected chi connectivity index (χ4v) is 3.20. The third kappa shape index (κ3) is 7.55. The number of ether oxygens (including phenoxy) is 1. The summed E-state index contributed by atoms with van der Waals surface area (Å²) in [5, 5.41) is 5.44. The average molecular weight is 438 g/mol. The fourth-order valence-electron chi connectivity index (χ4n) is 2.95. The molecule has 0 spiro atoms. The molecule has 2 unspecified atom stereocenters. The van der Waals surface area contributed by atoms with E-state index in [9.17, 15) is 14.4 Å². The summed E-state index contributed by atoms with van der Waals surface area (Å²) in [6, 6.07) is 3.91. The predicted molar refractivity (Wildman–Crippen MR) is 122 cm³/mol. The zero-order valence-electron chi connectivity index (χ0n) is 19.2. The molecule has 168 valence electrons. The van der Waals surface area contributed by atoms with Crippen LogP contribution in [0.4, 0.5) is 4.79 Å². The van der Waals surface area contributed by atoms with Crippen LogP contribution in [0, 0.1) is 13.8 Å². The molecule has 0 aliphatic heterocycles. The molecule has 0 aliphatic carbocycles. The first-order chi connectivity index (χ1) is 13.8. The van der Waals surface area contributed by atoms with E-state index in [1.165, 1.54) is 4.90 Å². The van der Waals surface area contributed by atoms with Crippen LogP contribution in [0.5, 0.6) is 0 Å². The molecule has 7 nitrogen and oxygen atoms in total. The minimum absolute atomic E-state index is 0.0632. The van der Waals surface area contributed by atoms with Gasteiger partial charge in [-0.05, 0) is 59.6 Å². The molecule has 8 heteroatoms. The number of carbonyl (C=O) groups is 3. The molecule has 1 aromatic rings. The molecular weight excluding hydrogens is 402 g/mol. The Morgan fingerprint density at radius 1 is 1.13 bits per heavy atom. The number of hydrogen-bond donors (Lipinski definition) is 3. The van der Waals surface area contributed by atoms with Crippen molar-refractivity contribution in [3.8, 4) is 0 Å². The number of likely N-dealkylation sites (N-methyl/N-ethyl adjacent to an activating group) is 1. The highest BCUT2D eigenvalue weighted by molar-refractivity contribution is 7.80. The van der Waals surface area contributed by atoms with Gasteiger partial charge in [0.15, 0.2) is 0 Å². The quantitative estimate of drug-likeness (QED) is 0.572. The first kappa shape index (κ1) is 25.8. The fraction of sp³-hybridized carbons (Fsp3) is 0.591. The van der Waals surface area contributed by atoms with Crippen molar-refractivity contribution in [1.29, 1.82) is 0 Å². The van der Waals surface area contributed by atoms with Gasteiger partial charge in [0.1, 0.15) is 17.7 Å². The van der Waals surface area contributed by atoms with Gasteiger partial charge in [0.25, 0.3) is 0 Å². The standard InChI is InChI=1S/C22H35N3O4S/c1-13(2)23-19(26)18(16-11-14(3)9-10-15(16)4)25(8)20(27)17(12-30)24-21(28)29-22(5,6)7/h9-11,13,17-18,30H,12H2,1-8H3,(H,23,26)(H,24,28). The average Bonchev–Trinajstić information content (AvgIpc) is 2.60. The second-order valence-corrected chi connectivity index (χ2v) is 9.12. The number of carbonyl (C=O) groups excluding carboxylic acids is 3. The van der Waals surface area contributed by atoms with Crippen molar-refractivity contribution in [2.75, 3.05) is 12.8 Å². The first-order valence-corrected chi connectivity index (χ1v) is 10.6. The lowest BCUT2D eigenvalue weighted by Crippen LogP contribution is -2.53. The van der Waals surface area contributed by atoms with Crippen LogP contribution in [-0.2, 0) is 14.3 Å². The molecule has 30 heavy (non-hydrogen) atoms. The third-order valence-electron chi connectivity index (χ3n) is 4.32. The Bertz CT molecular complexity index is 774. The van der Waals surface area contributed by atoms with E-state index in [2.05, 4.69) is 23.3 Å². The summed E-state index contributed by atoms with van der Waals surface area (Å²) in [6.45, 7) is 12.8. The summed E-state index contributed by atoms with van der Waals surface area (Å²) in [4.78, 5) is 39.8. The predicted octanol–water partition coefficient (Wildman–Crippen LogP) is 3.15. The van der Waals surface area contributed by atoms with Crippen LogP contribution in [0.15, 0.2) is 18.2 Å². The zero-order valence-corrected chi connectivity index (χ0v) is 20.1. The molecular formula is C22H35N3O4S. The van der Waals surface area contributed by atoms with Gasteiger partial charge in [0.05, 0.1) is 0 Å². The summed E-state index contributed by atoms with van der Waals surface area (Å²) < 4.78 is 5.25. The van der Waals surface area contributed by atoms with Crippen LogP contribution >= 0.6 is 12.6 Å². The molecule has 0 heterocycles. The van der Waals surface area contributed by atoms with Gasteiger partial charge in [0.2, 0.25) is 11.8 Å². The summed E-state index contributed by atoms with van der Waals surface area (Å²) >= 11 is 4.22. The largest absolute Gasteiger partial charge is 0.444 e. The highest BCUT2D eigenvalue weighted by Gasteiger charge is 2.34. The van der Waals surface area contributed by atoms with Gasteiger partial charge in [0, 0.05) is 18.8 Å². The van der Waals surface area contributed by atoms with Crippen LogP contribution in [0.3, 0.4) is 0 Å². The number of thiol groups is 1. The van der Waals surface area contributed by atoms with Crippen molar-refractivity contribution >= 4 is 30.5 Å². The van der Waals surface area contributed by atoms with Gasteiger partial charge >= 0.3 is 6.09 Å². The monoisotopic (exact) mass is 437 g/mol. The first-order valence-electron chi connectivity index (χ1n) is 10.0. The molecule has 0 radical (unpaired) electrons. The Labute approximate surface area is 185 Å². The molecule has 1 aromatic carbocycles. The molecule has 0 bridgehead atoms. The lowest BCUT2D eigenvalue weighted by Gasteiger charge is -2.32. The van der Waals surface area contributed by atoms with Crippen molar-refractivity contribution in [3.05, 3.63) is 34.9 Å². The minimum atomic E-state index is -0.937. The summed E-state index contributed by atoms with van der Waals surface area (Å²) in [5.74, 6) is -0.654. The van der Waals surface area contributed by atoms with E-state index in [-0.39, 0.29) is 17.7 Å². The second-order valence-electron chi connectivity index (χ2n) is 8.76. The van der Waals surface area contributed by atoms with Gasteiger partial charge in [-0.1, -0.05) is 23.8 Å². The van der Waals surface area contributed by atoms with Gasteiger partial charge in [-0.2, -0.15) is 12.6 Å². The Balaban J connectivity index is 3.22. The van der Waals surface area contributed by atoms with E-state index in [1.54, 1.807) is 27.8 Å². The number of hydrogen-bond acceptors (Lipinski definition) is 5. The Morgan fingerprint density at radius 3 is 2.23 bits per heavy atom. The third-order valence-corrected chi connectivity index (χ3v) is 4.68. The summed E-state index contributed by atoms with van der Waals surface area (Å²) in [5.41, 5.74) is 1.92. The Morgan fingerprint density at radius 2 is 1.73 bits per heavy atom. The Hall–Kier alpha value is -2.22. The van der Waals surface area contributed by atoms with Crippen molar-refractivity contribution in [2.45, 2.75) is 72.2 Å². The van der Waals surface area contributed by atoms with Crippen molar-refractivity contribution in [2.24, 2.45) is 0 Å². The molecule has 2 atom stereocenters. The van der Waals surface area contributed by atoms with Crippen LogP contribution in [0.2, 0.25) is 0 Å². The maximum absolute atomic E-state index is 13.2. The van der Waals surface area contributed by atoms with Gasteiger partial charge in [-0.15, -0.1) is 0 Å². The lowest BCUT2D eigenvalue weighted by atomic mass is 9.96. The second kappa shape index (κ2) is 10.7. The van der Waals surface area contributed by atoms with Gasteiger partial charge in [-0.3, -0.25) is 9.59 Å². The van der Waals surface area contributed by atoms with Gasteiger partial charge < -0.3 is 20.3 Å². The number of benzene rings is 1. The molecule has 0 fully saturated rings. The maximum Gasteiger partial charge on any atom is 0.408 e. The van der Waals surface area contributed by atoms with E-state index in [1.807, 2.05) is 45.9 Å². The summed E-state index contributed by atoms with van der Waals surface area (Å²) in [7, 11) is 1.56. The number of nitrogens with zero attached hydrogens (tertiary/aromatic N) is 1. The molecule has 1 rings (SSSR count). The molecule has 0 aromatic heterocycles. The number of rotatable bonds is 7. The normalized spacial score (nSPS) is 13.4. The number of nitrogens with one attached hydrogen (secondary N) is 2. The highest BCUT2D eigenvalue weighted by atomic mass is 32.1. The van der Waals surface area contributed by atoms with E-state index < -0.39 is 29.7 Å². The minimum Gasteiger partial charge on any atom is -0.444 e. The van der Waals surface area contributed by atoms with E-state index in [0.29, 0.717) is 0 Å².